The fourth-order valence-corrected chi connectivity index (χ4v) is 3.23. The Morgan fingerprint density at radius 3 is 2.59 bits per heavy atom. The van der Waals surface area contributed by atoms with E-state index in [1.54, 1.807) is 0 Å². The minimum Gasteiger partial charge on any atom is -0.479 e. The van der Waals surface area contributed by atoms with Crippen molar-refractivity contribution in [3.8, 4) is 0 Å². The first-order chi connectivity index (χ1) is 8.16. The van der Waals surface area contributed by atoms with Crippen molar-refractivity contribution in [3.05, 3.63) is 0 Å². The number of rotatable bonds is 3. The van der Waals surface area contributed by atoms with Crippen LogP contribution >= 0.6 is 11.8 Å². The van der Waals surface area contributed by atoms with E-state index in [0.717, 1.165) is 24.3 Å². The molecular weight excluding hydrogens is 242 g/mol. The van der Waals surface area contributed by atoms with Crippen molar-refractivity contribution in [1.82, 2.24) is 5.32 Å². The minimum atomic E-state index is -0.978. The van der Waals surface area contributed by atoms with Gasteiger partial charge in [-0.2, -0.15) is 11.8 Å². The van der Waals surface area contributed by atoms with Crippen LogP contribution in [0.4, 0.5) is 0 Å². The Morgan fingerprint density at radius 2 is 2.00 bits per heavy atom. The van der Waals surface area contributed by atoms with Crippen molar-refractivity contribution in [1.29, 1.82) is 0 Å². The Labute approximate surface area is 104 Å². The van der Waals surface area contributed by atoms with E-state index in [0.29, 0.717) is 12.8 Å². The summed E-state index contributed by atoms with van der Waals surface area (Å²) in [6.45, 7) is 0. The molecule has 0 aromatic carbocycles. The zero-order valence-corrected chi connectivity index (χ0v) is 10.4. The Hall–Kier alpha value is -0.750. The van der Waals surface area contributed by atoms with Gasteiger partial charge in [-0.25, -0.2) is 4.79 Å². The molecule has 96 valence electrons. The lowest BCUT2D eigenvalue weighted by Crippen LogP contribution is -2.44. The maximum absolute atomic E-state index is 11.8. The smallest absolute Gasteiger partial charge is 0.332 e. The molecule has 2 fully saturated rings. The number of hydrogen-bond acceptors (Lipinski definition) is 4. The lowest BCUT2D eigenvalue weighted by Gasteiger charge is -2.23. The average molecular weight is 259 g/mol. The summed E-state index contributed by atoms with van der Waals surface area (Å²) >= 11 is 1.84. The van der Waals surface area contributed by atoms with Crippen LogP contribution in [0.2, 0.25) is 0 Å². The molecule has 0 aliphatic carbocycles. The molecule has 0 aromatic rings. The molecule has 2 N–H and O–H groups in total. The van der Waals surface area contributed by atoms with Crippen LogP contribution in [-0.2, 0) is 14.3 Å². The first-order valence-electron chi connectivity index (χ1n) is 5.93. The fourth-order valence-electron chi connectivity index (χ4n) is 2.16. The van der Waals surface area contributed by atoms with Gasteiger partial charge in [0.05, 0.1) is 0 Å². The van der Waals surface area contributed by atoms with Crippen molar-refractivity contribution in [2.45, 2.75) is 43.9 Å². The maximum Gasteiger partial charge on any atom is 0.332 e. The summed E-state index contributed by atoms with van der Waals surface area (Å²) in [7, 11) is 0. The summed E-state index contributed by atoms with van der Waals surface area (Å²) in [5.41, 5.74) is 0. The van der Waals surface area contributed by atoms with Crippen molar-refractivity contribution in [2.75, 3.05) is 11.5 Å². The zero-order chi connectivity index (χ0) is 12.3. The highest BCUT2D eigenvalue weighted by atomic mass is 32.2. The van der Waals surface area contributed by atoms with Gasteiger partial charge in [-0.1, -0.05) is 0 Å². The van der Waals surface area contributed by atoms with E-state index in [-0.39, 0.29) is 11.9 Å². The summed E-state index contributed by atoms with van der Waals surface area (Å²) in [6, 6.07) is 0.216. The highest BCUT2D eigenvalue weighted by Gasteiger charge is 2.35. The molecule has 0 aromatic heterocycles. The summed E-state index contributed by atoms with van der Waals surface area (Å²) in [4.78, 5) is 22.5. The molecular formula is C11H17NO4S. The number of nitrogens with one attached hydrogen (secondary N) is 1. The average Bonchev–Trinajstić information content (AvgIpc) is 2.79. The predicted molar refractivity (Wildman–Crippen MR) is 64.0 cm³/mol. The maximum atomic E-state index is 11.8. The quantitative estimate of drug-likeness (QED) is 0.777. The zero-order valence-electron chi connectivity index (χ0n) is 9.55. The van der Waals surface area contributed by atoms with Crippen LogP contribution in [0.3, 0.4) is 0 Å². The summed E-state index contributed by atoms with van der Waals surface area (Å²) < 4.78 is 5.21. The molecule has 2 aliphatic rings. The first kappa shape index (κ1) is 12.7. The topological polar surface area (TPSA) is 75.6 Å². The highest BCUT2D eigenvalue weighted by Crippen LogP contribution is 2.21. The van der Waals surface area contributed by atoms with Crippen LogP contribution < -0.4 is 5.32 Å². The molecule has 0 radical (unpaired) electrons. The molecule has 1 amide bonds. The van der Waals surface area contributed by atoms with E-state index in [4.69, 9.17) is 9.84 Å². The molecule has 2 saturated heterocycles. The second kappa shape index (κ2) is 5.73. The molecule has 6 heteroatoms. The van der Waals surface area contributed by atoms with Gasteiger partial charge in [0.25, 0.3) is 0 Å². The minimum absolute atomic E-state index is 0.152. The van der Waals surface area contributed by atoms with Gasteiger partial charge < -0.3 is 15.2 Å². The Kier molecular flexibility index (Phi) is 4.28. The lowest BCUT2D eigenvalue weighted by molar-refractivity contribution is -0.151. The van der Waals surface area contributed by atoms with Crippen molar-refractivity contribution in [2.24, 2.45) is 0 Å². The fraction of sp³-hybridized carbons (Fsp3) is 0.818. The number of carbonyl (C=O) groups excluding carboxylic acids is 1. The molecule has 0 bridgehead atoms. The van der Waals surface area contributed by atoms with E-state index < -0.39 is 18.2 Å². The summed E-state index contributed by atoms with van der Waals surface area (Å²) in [5.74, 6) is 0.976. The van der Waals surface area contributed by atoms with E-state index in [2.05, 4.69) is 5.32 Å². The van der Waals surface area contributed by atoms with Gasteiger partial charge in [0.1, 0.15) is 6.10 Å². The van der Waals surface area contributed by atoms with Crippen LogP contribution in [0.25, 0.3) is 0 Å². The molecule has 3 atom stereocenters. The van der Waals surface area contributed by atoms with Gasteiger partial charge >= 0.3 is 5.97 Å². The number of thioether (sulfide) groups is 1. The molecule has 3 unspecified atom stereocenters. The van der Waals surface area contributed by atoms with E-state index in [1.165, 1.54) is 0 Å². The monoisotopic (exact) mass is 259 g/mol. The van der Waals surface area contributed by atoms with Gasteiger partial charge in [0.2, 0.25) is 5.91 Å². The SMILES string of the molecule is O=C(O)C1CCC(C(=O)NC2CCCSC2)O1. The van der Waals surface area contributed by atoms with Crippen molar-refractivity contribution < 1.29 is 19.4 Å². The lowest BCUT2D eigenvalue weighted by atomic mass is 10.1. The number of ether oxygens (including phenoxy) is 1. The van der Waals surface area contributed by atoms with Gasteiger partial charge in [-0.15, -0.1) is 0 Å². The third-order valence-electron chi connectivity index (χ3n) is 3.09. The number of carboxylic acids is 1. The largest absolute Gasteiger partial charge is 0.479 e. The van der Waals surface area contributed by atoms with Gasteiger partial charge in [-0.05, 0) is 31.4 Å². The van der Waals surface area contributed by atoms with Gasteiger partial charge in [0, 0.05) is 11.8 Å². The summed E-state index contributed by atoms with van der Waals surface area (Å²) in [5, 5.41) is 11.7. The molecule has 5 nitrogen and oxygen atoms in total. The van der Waals surface area contributed by atoms with Crippen LogP contribution in [0.15, 0.2) is 0 Å². The van der Waals surface area contributed by atoms with Crippen molar-refractivity contribution >= 4 is 23.6 Å². The molecule has 2 heterocycles. The van der Waals surface area contributed by atoms with E-state index in [1.807, 2.05) is 11.8 Å². The highest BCUT2D eigenvalue weighted by molar-refractivity contribution is 7.99. The third kappa shape index (κ3) is 3.35. The molecule has 17 heavy (non-hydrogen) atoms. The number of carboxylic acid groups (broad SMARTS) is 1. The summed E-state index contributed by atoms with van der Waals surface area (Å²) in [6.07, 6.45) is 1.66. The van der Waals surface area contributed by atoms with Gasteiger partial charge in [-0.3, -0.25) is 4.79 Å². The van der Waals surface area contributed by atoms with Crippen LogP contribution in [0, 0.1) is 0 Å². The standard InChI is InChI=1S/C11H17NO4S/c13-10(12-7-2-1-5-17-6-7)8-3-4-9(16-8)11(14)15/h7-9H,1-6H2,(H,12,13)(H,14,15). The van der Waals surface area contributed by atoms with E-state index in [9.17, 15) is 9.59 Å². The predicted octanol–water partition coefficient (Wildman–Crippen LogP) is 0.630. The normalized spacial score (nSPS) is 33.3. The first-order valence-corrected chi connectivity index (χ1v) is 7.08. The van der Waals surface area contributed by atoms with Gasteiger partial charge in [0.15, 0.2) is 6.10 Å². The second-order valence-electron chi connectivity index (χ2n) is 4.45. The third-order valence-corrected chi connectivity index (χ3v) is 4.31. The Bertz CT molecular complexity index is 304. The Balaban J connectivity index is 1.78. The number of hydrogen-bond donors (Lipinski definition) is 2. The number of amides is 1. The molecule has 2 aliphatic heterocycles. The number of carbonyl (C=O) groups is 2. The van der Waals surface area contributed by atoms with Crippen LogP contribution in [-0.4, -0.2) is 46.7 Å². The van der Waals surface area contributed by atoms with Crippen molar-refractivity contribution in [3.63, 3.8) is 0 Å². The molecule has 0 saturated carbocycles. The van der Waals surface area contributed by atoms with Crippen LogP contribution in [0.1, 0.15) is 25.7 Å². The Morgan fingerprint density at radius 1 is 1.24 bits per heavy atom. The molecule has 2 rings (SSSR count). The molecule has 0 spiro atoms. The van der Waals surface area contributed by atoms with Crippen LogP contribution in [0.5, 0.6) is 0 Å². The number of aliphatic carboxylic acids is 1. The second-order valence-corrected chi connectivity index (χ2v) is 5.60. The van der Waals surface area contributed by atoms with E-state index >= 15 is 0 Å².